The third kappa shape index (κ3) is 3.91. The Morgan fingerprint density at radius 1 is 0.629 bits per heavy atom. The highest BCUT2D eigenvalue weighted by Crippen LogP contribution is 2.48. The van der Waals surface area contributed by atoms with Crippen LogP contribution in [0.1, 0.15) is 22.6 Å². The van der Waals surface area contributed by atoms with E-state index in [-0.39, 0.29) is 5.92 Å². The van der Waals surface area contributed by atoms with Crippen molar-refractivity contribution < 1.29 is 14.2 Å². The number of aromatic nitrogens is 1. The SMILES string of the molecule is COc1cc(OC)c(C(c2ccccc2)c2c(-c3ccccc3)n(C)c3ccccc23)cc1OC. The van der Waals surface area contributed by atoms with E-state index in [1.54, 1.807) is 21.3 Å². The molecule has 35 heavy (non-hydrogen) atoms. The van der Waals surface area contributed by atoms with E-state index in [4.69, 9.17) is 14.2 Å². The standard InChI is InChI=1S/C31H29NO3/c1-32-25-18-12-11-17-23(25)30(31(32)22-15-9-6-10-16-22)29(21-13-7-5-8-14-21)24-19-27(34-3)28(35-4)20-26(24)33-2/h5-20,29H,1-4H3. The molecule has 4 heteroatoms. The fourth-order valence-corrected chi connectivity index (χ4v) is 5.09. The van der Waals surface area contributed by atoms with Crippen LogP contribution in [-0.2, 0) is 7.05 Å². The average molecular weight is 464 g/mol. The zero-order valence-corrected chi connectivity index (χ0v) is 20.5. The molecule has 1 heterocycles. The molecule has 0 fully saturated rings. The number of para-hydroxylation sites is 1. The summed E-state index contributed by atoms with van der Waals surface area (Å²) in [5, 5.41) is 1.21. The molecule has 4 aromatic carbocycles. The van der Waals surface area contributed by atoms with Gasteiger partial charge in [0.05, 0.1) is 27.0 Å². The minimum absolute atomic E-state index is 0.104. The Hall–Kier alpha value is -4.18. The van der Waals surface area contributed by atoms with Crippen LogP contribution in [0.15, 0.2) is 97.1 Å². The van der Waals surface area contributed by atoms with Gasteiger partial charge in [0.1, 0.15) is 5.75 Å². The summed E-state index contributed by atoms with van der Waals surface area (Å²) in [4.78, 5) is 0. The fraction of sp³-hybridized carbons (Fsp3) is 0.161. The van der Waals surface area contributed by atoms with Crippen molar-refractivity contribution in [1.29, 1.82) is 0 Å². The second-order valence-electron chi connectivity index (χ2n) is 8.50. The Morgan fingerprint density at radius 2 is 1.20 bits per heavy atom. The number of aryl methyl sites for hydroxylation is 1. The first kappa shape index (κ1) is 22.6. The summed E-state index contributed by atoms with van der Waals surface area (Å²) < 4.78 is 19.5. The van der Waals surface area contributed by atoms with E-state index in [1.165, 1.54) is 33.3 Å². The first-order valence-corrected chi connectivity index (χ1v) is 11.7. The molecule has 1 atom stereocenters. The monoisotopic (exact) mass is 463 g/mol. The van der Waals surface area contributed by atoms with E-state index in [1.807, 2.05) is 18.2 Å². The van der Waals surface area contributed by atoms with E-state index < -0.39 is 0 Å². The Balaban J connectivity index is 1.91. The number of methoxy groups -OCH3 is 3. The van der Waals surface area contributed by atoms with Gasteiger partial charge in [-0.2, -0.15) is 0 Å². The Kier molecular flexibility index (Phi) is 6.19. The summed E-state index contributed by atoms with van der Waals surface area (Å²) in [5.74, 6) is 1.96. The highest BCUT2D eigenvalue weighted by Gasteiger charge is 2.30. The van der Waals surface area contributed by atoms with Gasteiger partial charge in [-0.05, 0) is 28.8 Å². The lowest BCUT2D eigenvalue weighted by Crippen LogP contribution is -2.08. The van der Waals surface area contributed by atoms with Crippen molar-refractivity contribution in [3.05, 3.63) is 114 Å². The predicted octanol–water partition coefficient (Wildman–Crippen LogP) is 7.05. The van der Waals surface area contributed by atoms with Crippen LogP contribution in [0.25, 0.3) is 22.2 Å². The molecule has 0 saturated carbocycles. The largest absolute Gasteiger partial charge is 0.496 e. The fourth-order valence-electron chi connectivity index (χ4n) is 5.09. The van der Waals surface area contributed by atoms with Crippen molar-refractivity contribution >= 4 is 10.9 Å². The first-order valence-electron chi connectivity index (χ1n) is 11.7. The number of benzene rings is 4. The summed E-state index contributed by atoms with van der Waals surface area (Å²) in [7, 11) is 7.15. The van der Waals surface area contributed by atoms with Gasteiger partial charge >= 0.3 is 0 Å². The second kappa shape index (κ2) is 9.59. The minimum atomic E-state index is -0.104. The molecule has 1 unspecified atom stereocenters. The van der Waals surface area contributed by atoms with Gasteiger partial charge in [-0.1, -0.05) is 78.9 Å². The minimum Gasteiger partial charge on any atom is -0.496 e. The van der Waals surface area contributed by atoms with Gasteiger partial charge in [-0.3, -0.25) is 0 Å². The maximum absolute atomic E-state index is 5.93. The number of nitrogens with zero attached hydrogens (tertiary/aromatic N) is 1. The maximum atomic E-state index is 5.93. The highest BCUT2D eigenvalue weighted by atomic mass is 16.5. The molecule has 1 aromatic heterocycles. The van der Waals surface area contributed by atoms with Gasteiger partial charge < -0.3 is 18.8 Å². The van der Waals surface area contributed by atoms with Gasteiger partial charge in [0.2, 0.25) is 0 Å². The van der Waals surface area contributed by atoms with E-state index in [0.717, 1.165) is 11.3 Å². The third-order valence-electron chi connectivity index (χ3n) is 6.66. The Labute approximate surface area is 206 Å². The van der Waals surface area contributed by atoms with Crippen LogP contribution in [0.5, 0.6) is 17.2 Å². The molecule has 0 saturated heterocycles. The normalized spacial score (nSPS) is 11.9. The van der Waals surface area contributed by atoms with E-state index in [9.17, 15) is 0 Å². The summed E-state index contributed by atoms with van der Waals surface area (Å²) in [6.07, 6.45) is 0. The molecule has 0 N–H and O–H groups in total. The van der Waals surface area contributed by atoms with Crippen LogP contribution in [0.4, 0.5) is 0 Å². The van der Waals surface area contributed by atoms with Crippen molar-refractivity contribution in [2.24, 2.45) is 7.05 Å². The van der Waals surface area contributed by atoms with Crippen LogP contribution >= 0.6 is 0 Å². The zero-order valence-electron chi connectivity index (χ0n) is 20.5. The quantitative estimate of drug-likeness (QED) is 0.259. The van der Waals surface area contributed by atoms with Crippen LogP contribution in [-0.4, -0.2) is 25.9 Å². The van der Waals surface area contributed by atoms with E-state index in [2.05, 4.69) is 90.5 Å². The van der Waals surface area contributed by atoms with E-state index >= 15 is 0 Å². The lowest BCUT2D eigenvalue weighted by atomic mass is 9.82. The topological polar surface area (TPSA) is 32.6 Å². The third-order valence-corrected chi connectivity index (χ3v) is 6.66. The first-order chi connectivity index (χ1) is 17.2. The van der Waals surface area contributed by atoms with Crippen molar-refractivity contribution in [2.75, 3.05) is 21.3 Å². The van der Waals surface area contributed by atoms with Crippen LogP contribution < -0.4 is 14.2 Å². The number of ether oxygens (including phenoxy) is 3. The van der Waals surface area contributed by atoms with Crippen LogP contribution in [0.2, 0.25) is 0 Å². The van der Waals surface area contributed by atoms with Gasteiger partial charge in [-0.25, -0.2) is 0 Å². The second-order valence-corrected chi connectivity index (χ2v) is 8.50. The Morgan fingerprint density at radius 3 is 1.86 bits per heavy atom. The molecular weight excluding hydrogens is 434 g/mol. The number of fused-ring (bicyclic) bond motifs is 1. The average Bonchev–Trinajstić information content (AvgIpc) is 3.21. The lowest BCUT2D eigenvalue weighted by Gasteiger charge is -2.24. The van der Waals surface area contributed by atoms with E-state index in [0.29, 0.717) is 11.5 Å². The molecule has 0 bridgehead atoms. The number of hydrogen-bond donors (Lipinski definition) is 0. The molecule has 0 aliphatic heterocycles. The summed E-state index contributed by atoms with van der Waals surface area (Å²) >= 11 is 0. The summed E-state index contributed by atoms with van der Waals surface area (Å²) in [6, 6.07) is 33.7. The molecule has 4 nitrogen and oxygen atoms in total. The molecule has 0 spiro atoms. The molecular formula is C31H29NO3. The molecule has 0 aliphatic rings. The molecule has 176 valence electrons. The lowest BCUT2D eigenvalue weighted by molar-refractivity contribution is 0.347. The smallest absolute Gasteiger partial charge is 0.164 e. The van der Waals surface area contributed by atoms with Crippen molar-refractivity contribution in [2.45, 2.75) is 5.92 Å². The van der Waals surface area contributed by atoms with Gasteiger partial charge in [0.25, 0.3) is 0 Å². The summed E-state index contributed by atoms with van der Waals surface area (Å²) in [6.45, 7) is 0. The van der Waals surface area contributed by atoms with Crippen LogP contribution in [0, 0.1) is 0 Å². The van der Waals surface area contributed by atoms with Gasteiger partial charge in [0, 0.05) is 35.5 Å². The number of rotatable bonds is 7. The maximum Gasteiger partial charge on any atom is 0.164 e. The zero-order chi connectivity index (χ0) is 24.4. The molecule has 0 amide bonds. The van der Waals surface area contributed by atoms with Crippen molar-refractivity contribution in [1.82, 2.24) is 4.57 Å². The van der Waals surface area contributed by atoms with Crippen molar-refractivity contribution in [3.63, 3.8) is 0 Å². The molecule has 0 aliphatic carbocycles. The summed E-state index contributed by atoms with van der Waals surface area (Å²) in [5.41, 5.74) is 6.95. The molecule has 5 aromatic rings. The highest BCUT2D eigenvalue weighted by molar-refractivity contribution is 5.93. The van der Waals surface area contributed by atoms with Crippen LogP contribution in [0.3, 0.4) is 0 Å². The molecule has 0 radical (unpaired) electrons. The predicted molar refractivity (Wildman–Crippen MR) is 142 cm³/mol. The van der Waals surface area contributed by atoms with Crippen molar-refractivity contribution in [3.8, 4) is 28.5 Å². The number of hydrogen-bond acceptors (Lipinski definition) is 3. The van der Waals surface area contributed by atoms with Gasteiger partial charge in [0.15, 0.2) is 11.5 Å². The molecule has 5 rings (SSSR count). The Bertz CT molecular complexity index is 1460. The van der Waals surface area contributed by atoms with Gasteiger partial charge in [-0.15, -0.1) is 0 Å².